The van der Waals surface area contributed by atoms with Crippen LogP contribution in [0.15, 0.2) is 65.1 Å². The van der Waals surface area contributed by atoms with Crippen LogP contribution < -0.4 is 9.47 Å². The van der Waals surface area contributed by atoms with Gasteiger partial charge in [0.2, 0.25) is 0 Å². The van der Waals surface area contributed by atoms with Crippen LogP contribution in [0, 0.1) is 11.3 Å². The maximum atomic E-state index is 12.4. The van der Waals surface area contributed by atoms with Gasteiger partial charge in [-0.25, -0.2) is 0 Å². The number of ketones is 1. The lowest BCUT2D eigenvalue weighted by molar-refractivity contribution is 0.0931. The Morgan fingerprint density at radius 2 is 1.84 bits per heavy atom. The lowest BCUT2D eigenvalue weighted by atomic mass is 9.93. The van der Waals surface area contributed by atoms with Gasteiger partial charge in [-0.1, -0.05) is 54.0 Å². The number of benzene rings is 3. The fourth-order valence-corrected chi connectivity index (χ4v) is 4.26. The maximum absolute atomic E-state index is 12.4. The average molecular weight is 476 g/mol. The summed E-state index contributed by atoms with van der Waals surface area (Å²) in [5.41, 5.74) is 4.03. The third kappa shape index (κ3) is 4.35. The molecule has 156 valence electrons. The molecule has 0 saturated heterocycles. The highest BCUT2D eigenvalue weighted by molar-refractivity contribution is 9.10. The molecule has 1 aliphatic rings. The first-order chi connectivity index (χ1) is 15.0. The van der Waals surface area contributed by atoms with Crippen molar-refractivity contribution >= 4 is 21.7 Å². The van der Waals surface area contributed by atoms with Crippen molar-refractivity contribution in [3.05, 3.63) is 93.0 Å². The Hall–Kier alpha value is -3.10. The van der Waals surface area contributed by atoms with Crippen LogP contribution in [0.5, 0.6) is 11.5 Å². The van der Waals surface area contributed by atoms with Crippen molar-refractivity contribution in [3.8, 4) is 17.6 Å². The molecule has 31 heavy (non-hydrogen) atoms. The predicted molar refractivity (Wildman–Crippen MR) is 123 cm³/mol. The van der Waals surface area contributed by atoms with Crippen LogP contribution in [0.1, 0.15) is 64.9 Å². The summed E-state index contributed by atoms with van der Waals surface area (Å²) >= 11 is 3.55. The molecule has 0 bridgehead atoms. The molecule has 3 aromatic rings. The van der Waals surface area contributed by atoms with Gasteiger partial charge in [-0.05, 0) is 53.4 Å². The number of fused-ring (bicyclic) bond motifs is 1. The summed E-state index contributed by atoms with van der Waals surface area (Å²) in [6.07, 6.45) is 0.0106. The summed E-state index contributed by atoms with van der Waals surface area (Å²) in [7, 11) is 0. The number of nitriles is 1. The number of ether oxygens (including phenoxy) is 2. The summed E-state index contributed by atoms with van der Waals surface area (Å²) in [6, 6.07) is 21.2. The van der Waals surface area contributed by atoms with Gasteiger partial charge < -0.3 is 9.47 Å². The molecule has 0 spiro atoms. The third-order valence-corrected chi connectivity index (χ3v) is 5.84. The quantitative estimate of drug-likeness (QED) is 0.418. The van der Waals surface area contributed by atoms with Gasteiger partial charge in [-0.2, -0.15) is 5.26 Å². The Bertz CT molecular complexity index is 1160. The number of halogens is 1. The Morgan fingerprint density at radius 1 is 1.06 bits per heavy atom. The van der Waals surface area contributed by atoms with E-state index in [-0.39, 0.29) is 17.8 Å². The number of rotatable bonds is 5. The Balaban J connectivity index is 1.82. The third-order valence-electron chi connectivity index (χ3n) is 5.35. The molecule has 0 N–H and O–H groups in total. The van der Waals surface area contributed by atoms with Crippen molar-refractivity contribution in [1.29, 1.82) is 5.26 Å². The molecule has 0 amide bonds. The molecular formula is C26H22BrNO3. The second kappa shape index (κ2) is 8.95. The lowest BCUT2D eigenvalue weighted by Gasteiger charge is -2.27. The molecule has 4 rings (SSSR count). The summed E-state index contributed by atoms with van der Waals surface area (Å²) in [4.78, 5) is 12.4. The molecule has 1 aliphatic heterocycles. The van der Waals surface area contributed by atoms with Crippen molar-refractivity contribution in [3.63, 3.8) is 0 Å². The number of hydrogen-bond acceptors (Lipinski definition) is 4. The number of carbonyl (C=O) groups excluding carboxylic acids is 1. The maximum Gasteiger partial charge on any atom is 0.170 e. The normalized spacial score (nSPS) is 13.8. The van der Waals surface area contributed by atoms with Gasteiger partial charge >= 0.3 is 0 Å². The number of Topliss-reactive ketones (excluding diaryl/α,β-unsaturated/α-hetero) is 1. The molecule has 0 fully saturated rings. The molecular weight excluding hydrogens is 454 g/mol. The zero-order valence-electron chi connectivity index (χ0n) is 17.4. The highest BCUT2D eigenvalue weighted by Gasteiger charge is 2.27. The molecule has 1 heterocycles. The van der Waals surface area contributed by atoms with Crippen molar-refractivity contribution in [2.24, 2.45) is 0 Å². The average Bonchev–Trinajstić information content (AvgIpc) is 2.77. The van der Waals surface area contributed by atoms with Crippen LogP contribution in [-0.4, -0.2) is 12.4 Å². The fourth-order valence-electron chi connectivity index (χ4n) is 3.84. The molecule has 1 atom stereocenters. The Morgan fingerprint density at radius 3 is 2.52 bits per heavy atom. The Kier molecular flexibility index (Phi) is 6.11. The highest BCUT2D eigenvalue weighted by atomic mass is 79.9. The molecule has 5 heteroatoms. The van der Waals surface area contributed by atoms with Gasteiger partial charge in [0.15, 0.2) is 5.78 Å². The number of hydrogen-bond donors (Lipinski definition) is 0. The topological polar surface area (TPSA) is 59.3 Å². The molecule has 0 radical (unpaired) electrons. The highest BCUT2D eigenvalue weighted by Crippen LogP contribution is 2.42. The van der Waals surface area contributed by atoms with Gasteiger partial charge in [0.25, 0.3) is 0 Å². The first-order valence-corrected chi connectivity index (χ1v) is 11.0. The smallest absolute Gasteiger partial charge is 0.170 e. The van der Waals surface area contributed by atoms with E-state index in [2.05, 4.69) is 35.8 Å². The van der Waals surface area contributed by atoms with Crippen molar-refractivity contribution in [2.75, 3.05) is 6.61 Å². The van der Waals surface area contributed by atoms with Gasteiger partial charge in [0.05, 0.1) is 23.8 Å². The molecule has 1 unspecified atom stereocenters. The van der Waals surface area contributed by atoms with E-state index in [9.17, 15) is 4.79 Å². The molecule has 4 nitrogen and oxygen atoms in total. The van der Waals surface area contributed by atoms with Gasteiger partial charge in [0.1, 0.15) is 17.6 Å². The predicted octanol–water partition coefficient (Wildman–Crippen LogP) is 6.58. The summed E-state index contributed by atoms with van der Waals surface area (Å²) < 4.78 is 13.5. The molecule has 0 aliphatic carbocycles. The summed E-state index contributed by atoms with van der Waals surface area (Å²) in [6.45, 7) is 4.53. The van der Waals surface area contributed by atoms with E-state index in [1.54, 1.807) is 18.2 Å². The van der Waals surface area contributed by atoms with Crippen LogP contribution in [0.3, 0.4) is 0 Å². The standard InChI is InChI=1S/C26H22BrNO3/c1-16(2)24-23(11-10-21-22(29)12-13-30-26(21)24)31-25(19-4-3-5-20(27)14-19)18-8-6-17(15-28)7-9-18/h3-11,14,16,25H,12-13H2,1-2H3. The van der Waals surface area contributed by atoms with Crippen molar-refractivity contribution in [2.45, 2.75) is 32.3 Å². The zero-order chi connectivity index (χ0) is 22.0. The minimum atomic E-state index is -0.389. The van der Waals surface area contributed by atoms with E-state index in [0.29, 0.717) is 35.7 Å². The van der Waals surface area contributed by atoms with Crippen LogP contribution in [0.4, 0.5) is 0 Å². The second-order valence-corrected chi connectivity index (χ2v) is 8.73. The van der Waals surface area contributed by atoms with E-state index in [4.69, 9.17) is 14.7 Å². The Labute approximate surface area is 190 Å². The number of carbonyl (C=O) groups is 1. The first-order valence-electron chi connectivity index (χ1n) is 10.2. The molecule has 0 saturated carbocycles. The second-order valence-electron chi connectivity index (χ2n) is 7.82. The van der Waals surface area contributed by atoms with E-state index in [1.165, 1.54) is 0 Å². The van der Waals surface area contributed by atoms with Gasteiger partial charge in [0, 0.05) is 16.5 Å². The SMILES string of the molecule is CC(C)c1c(OC(c2ccc(C#N)cc2)c2cccc(Br)c2)ccc2c1OCCC2=O. The van der Waals surface area contributed by atoms with E-state index in [1.807, 2.05) is 42.5 Å². The summed E-state index contributed by atoms with van der Waals surface area (Å²) in [5, 5.41) is 9.16. The van der Waals surface area contributed by atoms with E-state index >= 15 is 0 Å². The largest absolute Gasteiger partial charge is 0.492 e. The minimum Gasteiger partial charge on any atom is -0.492 e. The van der Waals surface area contributed by atoms with Gasteiger partial charge in [-0.15, -0.1) is 0 Å². The van der Waals surface area contributed by atoms with Crippen molar-refractivity contribution < 1.29 is 14.3 Å². The van der Waals surface area contributed by atoms with E-state index in [0.717, 1.165) is 21.2 Å². The monoisotopic (exact) mass is 475 g/mol. The lowest BCUT2D eigenvalue weighted by Crippen LogP contribution is -2.18. The first kappa shape index (κ1) is 21.1. The van der Waals surface area contributed by atoms with Crippen LogP contribution >= 0.6 is 15.9 Å². The summed E-state index contributed by atoms with van der Waals surface area (Å²) in [5.74, 6) is 1.54. The fraction of sp³-hybridized carbons (Fsp3) is 0.231. The van der Waals surface area contributed by atoms with Crippen LogP contribution in [0.25, 0.3) is 0 Å². The van der Waals surface area contributed by atoms with Gasteiger partial charge in [-0.3, -0.25) is 4.79 Å². The van der Waals surface area contributed by atoms with Crippen LogP contribution in [-0.2, 0) is 0 Å². The number of nitrogens with zero attached hydrogens (tertiary/aromatic N) is 1. The van der Waals surface area contributed by atoms with Crippen molar-refractivity contribution in [1.82, 2.24) is 0 Å². The zero-order valence-corrected chi connectivity index (χ0v) is 19.0. The van der Waals surface area contributed by atoms with E-state index < -0.39 is 0 Å². The molecule has 3 aromatic carbocycles. The van der Waals surface area contributed by atoms with Crippen LogP contribution in [0.2, 0.25) is 0 Å². The molecule has 0 aromatic heterocycles. The minimum absolute atomic E-state index is 0.102.